The molecule has 5 rings (SSSR count). The van der Waals surface area contributed by atoms with Crippen molar-refractivity contribution in [1.29, 1.82) is 0 Å². The number of amides is 2. The lowest BCUT2D eigenvalue weighted by atomic mass is 9.99. The molecule has 0 unspecified atom stereocenters. The Hall–Kier alpha value is -3.72. The van der Waals surface area contributed by atoms with Gasteiger partial charge in [-0.2, -0.15) is 0 Å². The predicted molar refractivity (Wildman–Crippen MR) is 120 cm³/mol. The average Bonchev–Trinajstić information content (AvgIpc) is 2.79. The number of rotatable bonds is 5. The molecule has 2 aliphatic rings. The third kappa shape index (κ3) is 4.38. The van der Waals surface area contributed by atoms with Crippen molar-refractivity contribution in [3.8, 4) is 22.8 Å². The smallest absolute Gasteiger partial charge is 0.262 e. The van der Waals surface area contributed by atoms with Gasteiger partial charge in [0.15, 0.2) is 6.61 Å². The Kier molecular flexibility index (Phi) is 5.79. The highest BCUT2D eigenvalue weighted by atomic mass is 35.5. The molecular formula is C24H18ClF2N3O4. The molecule has 1 saturated heterocycles. The van der Waals surface area contributed by atoms with Crippen LogP contribution in [-0.2, 0) is 4.79 Å². The summed E-state index contributed by atoms with van der Waals surface area (Å²) in [5, 5.41) is 3.06. The summed E-state index contributed by atoms with van der Waals surface area (Å²) >= 11 is 6.11. The van der Waals surface area contributed by atoms with Crippen LogP contribution < -0.4 is 14.8 Å². The van der Waals surface area contributed by atoms with Crippen LogP contribution in [0.3, 0.4) is 0 Å². The number of nitrogens with zero attached hydrogens (tertiary/aromatic N) is 2. The van der Waals surface area contributed by atoms with E-state index in [1.54, 1.807) is 18.2 Å². The SMILES string of the molecule is O=C1COc2cc(F)c(C(=O)N3CC(COc4ccc(Cl)cc4-c4ccc(F)cn4)C3)cc2N1. The molecule has 0 aliphatic carbocycles. The standard InChI is InChI=1S/C24H18ClF2N3O4/c25-14-1-4-21(17(5-14)19-3-2-15(26)8-28-19)33-11-13-9-30(10-13)24(32)16-6-20-22(7-18(16)27)34-12-23(31)29-20/h1-8,13H,9-12H2,(H,29,31). The number of likely N-dealkylation sites (tertiary alicyclic amines) is 1. The molecule has 0 atom stereocenters. The van der Waals surface area contributed by atoms with E-state index in [1.165, 1.54) is 23.1 Å². The first-order valence-electron chi connectivity index (χ1n) is 10.5. The van der Waals surface area contributed by atoms with Crippen LogP contribution in [0.5, 0.6) is 11.5 Å². The van der Waals surface area contributed by atoms with Crippen molar-refractivity contribution < 1.29 is 27.8 Å². The number of aromatic nitrogens is 1. The summed E-state index contributed by atoms with van der Waals surface area (Å²) in [5.74, 6) is -1.23. The maximum atomic E-state index is 14.5. The quantitative estimate of drug-likeness (QED) is 0.587. The summed E-state index contributed by atoms with van der Waals surface area (Å²) in [6.45, 7) is 0.891. The molecule has 0 spiro atoms. The lowest BCUT2D eigenvalue weighted by Gasteiger charge is -2.39. The minimum Gasteiger partial charge on any atom is -0.492 e. The Balaban J connectivity index is 1.23. The second kappa shape index (κ2) is 8.90. The Morgan fingerprint density at radius 3 is 2.79 bits per heavy atom. The predicted octanol–water partition coefficient (Wildman–Crippen LogP) is 4.16. The number of halogens is 3. The van der Waals surface area contributed by atoms with Crippen molar-refractivity contribution in [3.05, 3.63) is 70.9 Å². The number of nitrogens with one attached hydrogen (secondary N) is 1. The van der Waals surface area contributed by atoms with Gasteiger partial charge >= 0.3 is 0 Å². The van der Waals surface area contributed by atoms with Gasteiger partial charge in [-0.05, 0) is 36.4 Å². The monoisotopic (exact) mass is 485 g/mol. The highest BCUT2D eigenvalue weighted by Crippen LogP contribution is 2.34. The van der Waals surface area contributed by atoms with Crippen molar-refractivity contribution in [1.82, 2.24) is 9.88 Å². The van der Waals surface area contributed by atoms with Gasteiger partial charge in [-0.15, -0.1) is 0 Å². The van der Waals surface area contributed by atoms with Gasteiger partial charge in [-0.1, -0.05) is 11.6 Å². The number of carbonyl (C=O) groups excluding carboxylic acids is 2. The molecule has 0 radical (unpaired) electrons. The first-order valence-corrected chi connectivity index (χ1v) is 10.8. The van der Waals surface area contributed by atoms with Crippen LogP contribution in [0.15, 0.2) is 48.7 Å². The molecule has 1 N–H and O–H groups in total. The summed E-state index contributed by atoms with van der Waals surface area (Å²) in [6, 6.07) is 10.3. The number of hydrogen-bond acceptors (Lipinski definition) is 5. The lowest BCUT2D eigenvalue weighted by Crippen LogP contribution is -2.52. The zero-order chi connectivity index (χ0) is 23.8. The van der Waals surface area contributed by atoms with Crippen molar-refractivity contribution in [3.63, 3.8) is 0 Å². The fraction of sp³-hybridized carbons (Fsp3) is 0.208. The molecule has 2 amide bonds. The minimum absolute atomic E-state index is 0.0392. The highest BCUT2D eigenvalue weighted by Gasteiger charge is 2.34. The number of ether oxygens (including phenoxy) is 2. The largest absolute Gasteiger partial charge is 0.492 e. The van der Waals surface area contributed by atoms with Gasteiger partial charge in [0, 0.05) is 35.7 Å². The van der Waals surface area contributed by atoms with Gasteiger partial charge in [0.2, 0.25) is 0 Å². The average molecular weight is 486 g/mol. The molecular weight excluding hydrogens is 468 g/mol. The van der Waals surface area contributed by atoms with Gasteiger partial charge in [0.25, 0.3) is 11.8 Å². The normalized spacial score (nSPS) is 15.1. The molecule has 10 heteroatoms. The third-order valence-corrected chi connectivity index (χ3v) is 5.83. The zero-order valence-corrected chi connectivity index (χ0v) is 18.4. The van der Waals surface area contributed by atoms with Crippen LogP contribution in [-0.4, -0.2) is 48.0 Å². The van der Waals surface area contributed by atoms with Crippen molar-refractivity contribution in [2.24, 2.45) is 5.92 Å². The van der Waals surface area contributed by atoms with Gasteiger partial charge in [-0.25, -0.2) is 8.78 Å². The van der Waals surface area contributed by atoms with Crippen LogP contribution in [0.1, 0.15) is 10.4 Å². The van der Waals surface area contributed by atoms with E-state index in [0.29, 0.717) is 41.7 Å². The lowest BCUT2D eigenvalue weighted by molar-refractivity contribution is -0.118. The maximum absolute atomic E-state index is 14.5. The molecule has 1 aromatic heterocycles. The second-order valence-corrected chi connectivity index (χ2v) is 8.49. The van der Waals surface area contributed by atoms with E-state index in [9.17, 15) is 18.4 Å². The van der Waals surface area contributed by atoms with E-state index in [4.69, 9.17) is 21.1 Å². The maximum Gasteiger partial charge on any atom is 0.262 e. The fourth-order valence-electron chi connectivity index (χ4n) is 3.85. The van der Waals surface area contributed by atoms with Gasteiger partial charge in [0.1, 0.15) is 23.1 Å². The summed E-state index contributed by atoms with van der Waals surface area (Å²) in [6.07, 6.45) is 1.12. The summed E-state index contributed by atoms with van der Waals surface area (Å²) in [4.78, 5) is 29.9. The summed E-state index contributed by atoms with van der Waals surface area (Å²) < 4.78 is 38.8. The number of anilines is 1. The van der Waals surface area contributed by atoms with Crippen LogP contribution in [0, 0.1) is 17.6 Å². The zero-order valence-electron chi connectivity index (χ0n) is 17.7. The van der Waals surface area contributed by atoms with E-state index in [1.807, 2.05) is 0 Å². The highest BCUT2D eigenvalue weighted by molar-refractivity contribution is 6.31. The molecule has 2 aromatic carbocycles. The van der Waals surface area contributed by atoms with Crippen molar-refractivity contribution >= 4 is 29.1 Å². The summed E-state index contributed by atoms with van der Waals surface area (Å²) in [5.41, 5.74) is 1.28. The van der Waals surface area contributed by atoms with Crippen LogP contribution in [0.4, 0.5) is 14.5 Å². The van der Waals surface area contributed by atoms with E-state index in [0.717, 1.165) is 12.3 Å². The molecule has 1 fully saturated rings. The first kappa shape index (κ1) is 22.1. The van der Waals surface area contributed by atoms with Gasteiger partial charge < -0.3 is 19.7 Å². The molecule has 3 aromatic rings. The van der Waals surface area contributed by atoms with Crippen LogP contribution >= 0.6 is 11.6 Å². The molecule has 0 bridgehead atoms. The first-order chi connectivity index (χ1) is 16.4. The topological polar surface area (TPSA) is 80.8 Å². The van der Waals surface area contributed by atoms with Crippen molar-refractivity contribution in [2.75, 3.05) is 31.6 Å². The van der Waals surface area contributed by atoms with Crippen LogP contribution in [0.25, 0.3) is 11.3 Å². The Labute approximate surface area is 198 Å². The molecule has 34 heavy (non-hydrogen) atoms. The minimum atomic E-state index is -0.711. The Morgan fingerprint density at radius 1 is 1.21 bits per heavy atom. The molecule has 0 saturated carbocycles. The van der Waals surface area contributed by atoms with Crippen LogP contribution in [0.2, 0.25) is 5.02 Å². The van der Waals surface area contributed by atoms with Gasteiger partial charge in [-0.3, -0.25) is 14.6 Å². The second-order valence-electron chi connectivity index (χ2n) is 8.05. The fourth-order valence-corrected chi connectivity index (χ4v) is 4.02. The molecule has 3 heterocycles. The number of pyridine rings is 1. The van der Waals surface area contributed by atoms with E-state index < -0.39 is 17.5 Å². The Morgan fingerprint density at radius 2 is 2.03 bits per heavy atom. The third-order valence-electron chi connectivity index (χ3n) is 5.60. The van der Waals surface area contributed by atoms with E-state index in [2.05, 4.69) is 10.3 Å². The van der Waals surface area contributed by atoms with E-state index >= 15 is 0 Å². The Bertz CT molecular complexity index is 1280. The molecule has 174 valence electrons. The number of hydrogen-bond donors (Lipinski definition) is 1. The summed E-state index contributed by atoms with van der Waals surface area (Å²) in [7, 11) is 0. The molecule has 7 nitrogen and oxygen atoms in total. The van der Waals surface area contributed by atoms with E-state index in [-0.39, 0.29) is 35.4 Å². The van der Waals surface area contributed by atoms with Gasteiger partial charge in [0.05, 0.1) is 29.7 Å². The number of benzene rings is 2. The molecule has 2 aliphatic heterocycles. The number of carbonyl (C=O) groups is 2. The van der Waals surface area contributed by atoms with Crippen molar-refractivity contribution in [2.45, 2.75) is 0 Å². The number of fused-ring (bicyclic) bond motifs is 1.